The van der Waals surface area contributed by atoms with Gasteiger partial charge >= 0.3 is 0 Å². The highest BCUT2D eigenvalue weighted by atomic mass is 35.5. The zero-order valence-electron chi connectivity index (χ0n) is 13.6. The number of benzene rings is 2. The Bertz CT molecular complexity index is 819. The molecule has 4 rings (SSSR count). The van der Waals surface area contributed by atoms with Crippen molar-refractivity contribution in [1.82, 2.24) is 0 Å². The van der Waals surface area contributed by atoms with Crippen LogP contribution in [-0.2, 0) is 6.42 Å². The van der Waals surface area contributed by atoms with E-state index in [2.05, 4.69) is 0 Å². The third-order valence-corrected chi connectivity index (χ3v) is 5.76. The fourth-order valence-electron chi connectivity index (χ4n) is 4.00. The van der Waals surface area contributed by atoms with Crippen LogP contribution in [0.1, 0.15) is 41.6 Å². The van der Waals surface area contributed by atoms with Crippen molar-refractivity contribution in [2.75, 3.05) is 0 Å². The van der Waals surface area contributed by atoms with Gasteiger partial charge in [0.2, 0.25) is 0 Å². The number of aliphatic hydroxyl groups excluding tert-OH is 1. The van der Waals surface area contributed by atoms with Gasteiger partial charge in [0.05, 0.1) is 6.10 Å². The molecule has 25 heavy (non-hydrogen) atoms. The molecule has 0 bridgehead atoms. The molecule has 0 saturated heterocycles. The number of rotatable bonds is 2. The van der Waals surface area contributed by atoms with Crippen LogP contribution in [0.4, 0.5) is 0 Å². The molecule has 2 aliphatic rings. The molecule has 130 valence electrons. The summed E-state index contributed by atoms with van der Waals surface area (Å²) in [5, 5.41) is 10.8. The molecule has 0 unspecified atom stereocenters. The van der Waals surface area contributed by atoms with Gasteiger partial charge in [-0.3, -0.25) is 4.79 Å². The summed E-state index contributed by atoms with van der Waals surface area (Å²) in [5.41, 5.74) is 1.47. The second-order valence-electron chi connectivity index (χ2n) is 7.04. The van der Waals surface area contributed by atoms with Crippen molar-refractivity contribution in [3.8, 4) is 11.5 Å². The fraction of sp³-hybridized carbons (Fsp3) is 0.350. The normalized spacial score (nSPS) is 25.2. The molecule has 1 spiro atoms. The molecule has 0 atom stereocenters. The van der Waals surface area contributed by atoms with E-state index in [1.54, 1.807) is 18.2 Å². The van der Waals surface area contributed by atoms with Gasteiger partial charge in [0.25, 0.3) is 0 Å². The molecule has 0 radical (unpaired) electrons. The fourth-order valence-corrected chi connectivity index (χ4v) is 4.50. The molecule has 1 N–H and O–H groups in total. The summed E-state index contributed by atoms with van der Waals surface area (Å²) in [4.78, 5) is 13.0. The van der Waals surface area contributed by atoms with Crippen LogP contribution in [0.15, 0.2) is 36.4 Å². The Balaban J connectivity index is 1.60. The van der Waals surface area contributed by atoms with Gasteiger partial charge < -0.3 is 9.84 Å². The molecule has 2 aromatic rings. The smallest absolute Gasteiger partial charge is 0.169 e. The van der Waals surface area contributed by atoms with Gasteiger partial charge in [-0.05, 0) is 68.0 Å². The number of ether oxygens (including phenoxy) is 1. The van der Waals surface area contributed by atoms with E-state index in [9.17, 15) is 9.90 Å². The van der Waals surface area contributed by atoms with Crippen LogP contribution in [0.2, 0.25) is 10.0 Å². The maximum Gasteiger partial charge on any atom is 0.169 e. The number of aliphatic hydroxyl groups is 1. The number of Topliss-reactive ketones (excluding diaryl/α,β-unsaturated/α-hetero) is 1. The quantitative estimate of drug-likeness (QED) is 0.758. The Labute approximate surface area is 156 Å². The van der Waals surface area contributed by atoms with Gasteiger partial charge in [0, 0.05) is 21.0 Å². The maximum atomic E-state index is 13.0. The summed E-state index contributed by atoms with van der Waals surface area (Å²) in [7, 11) is 0. The highest BCUT2D eigenvalue weighted by molar-refractivity contribution is 6.34. The maximum absolute atomic E-state index is 13.0. The predicted molar refractivity (Wildman–Crippen MR) is 97.9 cm³/mol. The molecule has 0 heterocycles. The molecular formula is C20H18Cl2O3. The lowest BCUT2D eigenvalue weighted by molar-refractivity contribution is 0.0513. The topological polar surface area (TPSA) is 46.5 Å². The van der Waals surface area contributed by atoms with E-state index in [1.165, 1.54) is 0 Å². The van der Waals surface area contributed by atoms with Crippen LogP contribution in [0, 0.1) is 5.41 Å². The third-order valence-electron chi connectivity index (χ3n) is 5.32. The van der Waals surface area contributed by atoms with E-state index in [1.807, 2.05) is 18.2 Å². The minimum absolute atomic E-state index is 0.184. The lowest BCUT2D eigenvalue weighted by atomic mass is 9.70. The Kier molecular flexibility index (Phi) is 4.27. The molecule has 0 amide bonds. The van der Waals surface area contributed by atoms with Crippen molar-refractivity contribution >= 4 is 29.0 Å². The van der Waals surface area contributed by atoms with Crippen LogP contribution in [0.3, 0.4) is 0 Å². The number of halogens is 2. The highest BCUT2D eigenvalue weighted by Crippen LogP contribution is 2.48. The van der Waals surface area contributed by atoms with Crippen LogP contribution < -0.4 is 4.74 Å². The zero-order chi connectivity index (χ0) is 17.6. The molecule has 2 aromatic carbocycles. The van der Waals surface area contributed by atoms with Crippen molar-refractivity contribution in [3.05, 3.63) is 57.6 Å². The van der Waals surface area contributed by atoms with Crippen LogP contribution in [-0.4, -0.2) is 17.0 Å². The first kappa shape index (κ1) is 16.9. The van der Waals surface area contributed by atoms with Gasteiger partial charge in [0.1, 0.15) is 11.5 Å². The molecule has 1 fully saturated rings. The SMILES string of the molecule is O=C1c2cc(Oc3cc(Cl)cc(Cl)c3)ccc2C[C@]12CC[C@@H](O)CC2. The van der Waals surface area contributed by atoms with Crippen LogP contribution >= 0.6 is 23.2 Å². The summed E-state index contributed by atoms with van der Waals surface area (Å²) in [5.74, 6) is 1.32. The van der Waals surface area contributed by atoms with E-state index in [0.717, 1.165) is 30.4 Å². The van der Waals surface area contributed by atoms with E-state index < -0.39 is 0 Å². The monoisotopic (exact) mass is 376 g/mol. The van der Waals surface area contributed by atoms with Crippen molar-refractivity contribution < 1.29 is 14.6 Å². The van der Waals surface area contributed by atoms with Gasteiger partial charge in [-0.15, -0.1) is 0 Å². The third kappa shape index (κ3) is 3.17. The molecular weight excluding hydrogens is 359 g/mol. The van der Waals surface area contributed by atoms with Crippen molar-refractivity contribution in [3.63, 3.8) is 0 Å². The van der Waals surface area contributed by atoms with E-state index in [-0.39, 0.29) is 17.3 Å². The second-order valence-corrected chi connectivity index (χ2v) is 7.92. The molecule has 5 heteroatoms. The van der Waals surface area contributed by atoms with Crippen LogP contribution in [0.5, 0.6) is 11.5 Å². The average molecular weight is 377 g/mol. The molecule has 3 nitrogen and oxygen atoms in total. The minimum atomic E-state index is -0.334. The Morgan fingerprint density at radius 1 is 1.00 bits per heavy atom. The summed E-state index contributed by atoms with van der Waals surface area (Å²) >= 11 is 12.0. The second kappa shape index (κ2) is 6.31. The Morgan fingerprint density at radius 3 is 2.36 bits per heavy atom. The molecule has 0 aromatic heterocycles. The summed E-state index contributed by atoms with van der Waals surface area (Å²) in [6.45, 7) is 0. The number of hydrogen-bond acceptors (Lipinski definition) is 3. The van der Waals surface area contributed by atoms with Crippen LogP contribution in [0.25, 0.3) is 0 Å². The first-order valence-corrected chi connectivity index (χ1v) is 9.21. The minimum Gasteiger partial charge on any atom is -0.457 e. The van der Waals surface area contributed by atoms with Gasteiger partial charge in [-0.1, -0.05) is 29.3 Å². The average Bonchev–Trinajstić information content (AvgIpc) is 2.82. The number of fused-ring (bicyclic) bond motifs is 1. The largest absolute Gasteiger partial charge is 0.457 e. The number of carbonyl (C=O) groups is 1. The molecule has 1 saturated carbocycles. The van der Waals surface area contributed by atoms with Crippen molar-refractivity contribution in [2.45, 2.75) is 38.2 Å². The number of hydrogen-bond donors (Lipinski definition) is 1. The highest BCUT2D eigenvalue weighted by Gasteiger charge is 2.47. The standard InChI is InChI=1S/C20H18Cl2O3/c21-13-7-14(22)9-17(8-13)25-16-2-1-12-11-20(19(24)18(12)10-16)5-3-15(23)4-6-20/h1-2,7-10,15,23H,3-6,11H2/t15-,20-. The van der Waals surface area contributed by atoms with E-state index in [0.29, 0.717) is 34.4 Å². The van der Waals surface area contributed by atoms with Gasteiger partial charge in [-0.2, -0.15) is 0 Å². The zero-order valence-corrected chi connectivity index (χ0v) is 15.1. The summed E-state index contributed by atoms with van der Waals surface area (Å²) < 4.78 is 5.85. The number of carbonyl (C=O) groups excluding carboxylic acids is 1. The van der Waals surface area contributed by atoms with E-state index >= 15 is 0 Å². The first-order chi connectivity index (χ1) is 11.9. The van der Waals surface area contributed by atoms with Crippen molar-refractivity contribution in [2.24, 2.45) is 5.41 Å². The number of ketones is 1. The summed E-state index contributed by atoms with van der Waals surface area (Å²) in [6, 6.07) is 10.7. The van der Waals surface area contributed by atoms with E-state index in [4.69, 9.17) is 27.9 Å². The lowest BCUT2D eigenvalue weighted by Gasteiger charge is -2.33. The molecule has 2 aliphatic carbocycles. The lowest BCUT2D eigenvalue weighted by Crippen LogP contribution is -2.34. The van der Waals surface area contributed by atoms with Gasteiger partial charge in [0.15, 0.2) is 5.78 Å². The van der Waals surface area contributed by atoms with Crippen molar-refractivity contribution in [1.29, 1.82) is 0 Å². The van der Waals surface area contributed by atoms with Gasteiger partial charge in [-0.25, -0.2) is 0 Å². The Morgan fingerprint density at radius 2 is 1.68 bits per heavy atom. The first-order valence-electron chi connectivity index (χ1n) is 8.45. The predicted octanol–water partition coefficient (Wildman–Crippen LogP) is 5.45. The molecule has 0 aliphatic heterocycles. The Hall–Kier alpha value is -1.55. The summed E-state index contributed by atoms with van der Waals surface area (Å²) in [6.07, 6.45) is 3.39.